The summed E-state index contributed by atoms with van der Waals surface area (Å²) in [5, 5.41) is 8.63. The standard InChI is InChI=1S/C9H12O4/c10-8(11)3-5-1-7-2-6(5)4-9(12)13-7/h5-7H,1-4H2,(H,10,11). The number of fused-ring (bicyclic) bond motifs is 2. The van der Waals surface area contributed by atoms with Crippen molar-refractivity contribution in [2.24, 2.45) is 11.8 Å². The first-order chi connectivity index (χ1) is 6.15. The number of rotatable bonds is 2. The SMILES string of the molecule is O=C(O)CC1CC2CC1CC(=O)O2. The summed E-state index contributed by atoms with van der Waals surface area (Å²) < 4.78 is 5.06. The van der Waals surface area contributed by atoms with Gasteiger partial charge < -0.3 is 9.84 Å². The number of carbonyl (C=O) groups excluding carboxylic acids is 1. The lowest BCUT2D eigenvalue weighted by molar-refractivity contribution is -0.153. The minimum absolute atomic E-state index is 0.00407. The van der Waals surface area contributed by atoms with Crippen LogP contribution in [0.5, 0.6) is 0 Å². The molecule has 0 radical (unpaired) electrons. The van der Waals surface area contributed by atoms with Gasteiger partial charge in [0.2, 0.25) is 0 Å². The molecule has 0 aromatic rings. The van der Waals surface area contributed by atoms with Gasteiger partial charge in [-0.15, -0.1) is 0 Å². The molecule has 0 aromatic carbocycles. The summed E-state index contributed by atoms with van der Waals surface area (Å²) in [4.78, 5) is 21.5. The zero-order chi connectivity index (χ0) is 9.42. The Morgan fingerprint density at radius 3 is 3.00 bits per heavy atom. The van der Waals surface area contributed by atoms with Gasteiger partial charge in [0.1, 0.15) is 6.10 Å². The molecular weight excluding hydrogens is 172 g/mol. The van der Waals surface area contributed by atoms with Crippen molar-refractivity contribution in [3.8, 4) is 0 Å². The van der Waals surface area contributed by atoms with E-state index in [9.17, 15) is 9.59 Å². The van der Waals surface area contributed by atoms with Gasteiger partial charge in [-0.2, -0.15) is 0 Å². The Morgan fingerprint density at radius 1 is 1.54 bits per heavy atom. The minimum Gasteiger partial charge on any atom is -0.481 e. The topological polar surface area (TPSA) is 63.6 Å². The highest BCUT2D eigenvalue weighted by Gasteiger charge is 2.42. The average molecular weight is 184 g/mol. The van der Waals surface area contributed by atoms with E-state index in [1.165, 1.54) is 0 Å². The van der Waals surface area contributed by atoms with Crippen molar-refractivity contribution < 1.29 is 19.4 Å². The first-order valence-corrected chi connectivity index (χ1v) is 4.56. The zero-order valence-corrected chi connectivity index (χ0v) is 7.23. The van der Waals surface area contributed by atoms with Gasteiger partial charge in [0.05, 0.1) is 0 Å². The summed E-state index contributed by atoms with van der Waals surface area (Å²) in [6.45, 7) is 0. The van der Waals surface area contributed by atoms with Crippen molar-refractivity contribution >= 4 is 11.9 Å². The summed E-state index contributed by atoms with van der Waals surface area (Å²) in [6, 6.07) is 0. The predicted octanol–water partition coefficient (Wildman–Crippen LogP) is 0.803. The lowest BCUT2D eigenvalue weighted by Crippen LogP contribution is -2.22. The largest absolute Gasteiger partial charge is 0.481 e. The molecule has 4 heteroatoms. The number of carboxylic acid groups (broad SMARTS) is 1. The van der Waals surface area contributed by atoms with Crippen LogP contribution in [0, 0.1) is 11.8 Å². The van der Waals surface area contributed by atoms with E-state index in [-0.39, 0.29) is 30.3 Å². The van der Waals surface area contributed by atoms with Crippen LogP contribution in [-0.4, -0.2) is 23.1 Å². The first kappa shape index (κ1) is 8.53. The summed E-state index contributed by atoms with van der Waals surface area (Å²) in [5.74, 6) is -0.532. The molecule has 13 heavy (non-hydrogen) atoms. The molecule has 1 heterocycles. The second kappa shape index (κ2) is 3.01. The molecule has 0 aromatic heterocycles. The third-order valence-corrected chi connectivity index (χ3v) is 2.96. The number of carboxylic acids is 1. The Balaban J connectivity index is 2.01. The smallest absolute Gasteiger partial charge is 0.306 e. The van der Waals surface area contributed by atoms with Crippen molar-refractivity contribution in [3.05, 3.63) is 0 Å². The van der Waals surface area contributed by atoms with E-state index < -0.39 is 5.97 Å². The van der Waals surface area contributed by atoms with Crippen molar-refractivity contribution in [1.82, 2.24) is 0 Å². The molecule has 3 unspecified atom stereocenters. The molecule has 1 saturated heterocycles. The van der Waals surface area contributed by atoms with Crippen LogP contribution >= 0.6 is 0 Å². The van der Waals surface area contributed by atoms with Crippen molar-refractivity contribution in [2.45, 2.75) is 31.8 Å². The van der Waals surface area contributed by atoms with Crippen LogP contribution in [-0.2, 0) is 14.3 Å². The van der Waals surface area contributed by atoms with Crippen molar-refractivity contribution in [3.63, 3.8) is 0 Å². The lowest BCUT2D eigenvalue weighted by Gasteiger charge is -2.19. The van der Waals surface area contributed by atoms with E-state index in [4.69, 9.17) is 9.84 Å². The summed E-state index contributed by atoms with van der Waals surface area (Å²) in [5.41, 5.74) is 0. The average Bonchev–Trinajstić information content (AvgIpc) is 2.25. The summed E-state index contributed by atoms with van der Waals surface area (Å²) in [6.07, 6.45) is 2.19. The molecule has 2 fully saturated rings. The highest BCUT2D eigenvalue weighted by atomic mass is 16.5. The van der Waals surface area contributed by atoms with Crippen LogP contribution in [0.2, 0.25) is 0 Å². The monoisotopic (exact) mass is 184 g/mol. The van der Waals surface area contributed by atoms with Gasteiger partial charge in [0.15, 0.2) is 0 Å². The van der Waals surface area contributed by atoms with Gasteiger partial charge >= 0.3 is 11.9 Å². The minimum atomic E-state index is -0.773. The fourth-order valence-corrected chi connectivity index (χ4v) is 2.43. The van der Waals surface area contributed by atoms with E-state index in [0.717, 1.165) is 12.8 Å². The van der Waals surface area contributed by atoms with Gasteiger partial charge in [-0.05, 0) is 24.7 Å². The van der Waals surface area contributed by atoms with Gasteiger partial charge in [-0.3, -0.25) is 9.59 Å². The molecule has 3 atom stereocenters. The fraction of sp³-hybridized carbons (Fsp3) is 0.778. The Kier molecular flexibility index (Phi) is 1.98. The Hall–Kier alpha value is -1.06. The molecule has 2 aliphatic rings. The Labute approximate surface area is 75.9 Å². The molecule has 0 amide bonds. The maximum atomic E-state index is 11.0. The van der Waals surface area contributed by atoms with Gasteiger partial charge in [-0.1, -0.05) is 0 Å². The first-order valence-electron chi connectivity index (χ1n) is 4.56. The van der Waals surface area contributed by atoms with Gasteiger partial charge in [0.25, 0.3) is 0 Å². The van der Waals surface area contributed by atoms with Crippen molar-refractivity contribution in [2.75, 3.05) is 0 Å². The molecular formula is C9H12O4. The Bertz CT molecular complexity index is 248. The van der Waals surface area contributed by atoms with Crippen LogP contribution in [0.3, 0.4) is 0 Å². The molecule has 72 valence electrons. The van der Waals surface area contributed by atoms with E-state index in [1.807, 2.05) is 0 Å². The quantitative estimate of drug-likeness (QED) is 0.645. The van der Waals surface area contributed by atoms with Crippen LogP contribution < -0.4 is 0 Å². The van der Waals surface area contributed by atoms with Crippen LogP contribution in [0.15, 0.2) is 0 Å². The third-order valence-electron chi connectivity index (χ3n) is 2.96. The van der Waals surface area contributed by atoms with E-state index in [2.05, 4.69) is 0 Å². The molecule has 0 spiro atoms. The number of hydrogen-bond donors (Lipinski definition) is 1. The normalized spacial score (nSPS) is 37.2. The van der Waals surface area contributed by atoms with E-state index >= 15 is 0 Å². The zero-order valence-electron chi connectivity index (χ0n) is 7.23. The maximum Gasteiger partial charge on any atom is 0.306 e. The predicted molar refractivity (Wildman–Crippen MR) is 43.0 cm³/mol. The van der Waals surface area contributed by atoms with E-state index in [1.54, 1.807) is 0 Å². The second-order valence-electron chi connectivity index (χ2n) is 3.91. The second-order valence-corrected chi connectivity index (χ2v) is 3.91. The fourth-order valence-electron chi connectivity index (χ4n) is 2.43. The van der Waals surface area contributed by atoms with Gasteiger partial charge in [0, 0.05) is 12.8 Å². The van der Waals surface area contributed by atoms with Crippen LogP contribution in [0.4, 0.5) is 0 Å². The summed E-state index contributed by atoms with van der Waals surface area (Å²) >= 11 is 0. The molecule has 1 aliphatic heterocycles. The number of hydrogen-bond acceptors (Lipinski definition) is 3. The Morgan fingerprint density at radius 2 is 2.31 bits per heavy atom. The molecule has 1 saturated carbocycles. The molecule has 2 rings (SSSR count). The van der Waals surface area contributed by atoms with Crippen molar-refractivity contribution in [1.29, 1.82) is 0 Å². The number of esters is 1. The molecule has 4 nitrogen and oxygen atoms in total. The number of carbonyl (C=O) groups is 2. The van der Waals surface area contributed by atoms with Gasteiger partial charge in [-0.25, -0.2) is 0 Å². The van der Waals surface area contributed by atoms with Crippen LogP contribution in [0.1, 0.15) is 25.7 Å². The number of ether oxygens (including phenoxy) is 1. The highest BCUT2D eigenvalue weighted by Crippen LogP contribution is 2.41. The third kappa shape index (κ3) is 1.66. The molecule has 1 N–H and O–H groups in total. The number of aliphatic carboxylic acids is 1. The van der Waals surface area contributed by atoms with E-state index in [0.29, 0.717) is 6.42 Å². The molecule has 2 bridgehead atoms. The lowest BCUT2D eigenvalue weighted by atomic mass is 9.90. The van der Waals surface area contributed by atoms with Crippen LogP contribution in [0.25, 0.3) is 0 Å². The highest BCUT2D eigenvalue weighted by molar-refractivity contribution is 5.72. The molecule has 1 aliphatic carbocycles. The maximum absolute atomic E-state index is 11.0. The summed E-state index contributed by atoms with van der Waals surface area (Å²) in [7, 11) is 0.